The van der Waals surface area contributed by atoms with Gasteiger partial charge in [-0.3, -0.25) is 9.59 Å². The maximum atomic E-state index is 13.4. The molecule has 0 atom stereocenters. The van der Waals surface area contributed by atoms with E-state index in [9.17, 15) is 22.8 Å². The number of carbonyl (C=O) groups is 2. The van der Waals surface area contributed by atoms with Crippen LogP contribution in [0.4, 0.5) is 13.2 Å². The molecule has 0 unspecified atom stereocenters. The number of hydrogen-bond acceptors (Lipinski definition) is 2. The van der Waals surface area contributed by atoms with Crippen molar-refractivity contribution in [3.8, 4) is 0 Å². The van der Waals surface area contributed by atoms with Crippen molar-refractivity contribution < 1.29 is 22.8 Å². The molecule has 4 bridgehead atoms. The van der Waals surface area contributed by atoms with Crippen molar-refractivity contribution in [2.45, 2.75) is 57.5 Å². The lowest BCUT2D eigenvalue weighted by Crippen LogP contribution is -2.48. The summed E-state index contributed by atoms with van der Waals surface area (Å²) in [5.41, 5.74) is -1.04. The number of hydrogen-bond donors (Lipinski definition) is 0. The van der Waals surface area contributed by atoms with Gasteiger partial charge in [0, 0.05) is 32.6 Å². The minimum atomic E-state index is -4.57. The third-order valence-corrected chi connectivity index (χ3v) is 8.29. The molecular weight excluding hydrogens is 417 g/mol. The SMILES string of the molecule is O=C(CC12CC3CC(CC(C3)C1)C2)N1CCCN(C(=O)c2ccccc2C(F)(F)F)CC1. The lowest BCUT2D eigenvalue weighted by molar-refractivity contribution is -0.139. The molecule has 1 aliphatic heterocycles. The first-order valence-corrected chi connectivity index (χ1v) is 12.0. The van der Waals surface area contributed by atoms with Crippen LogP contribution in [0.15, 0.2) is 24.3 Å². The van der Waals surface area contributed by atoms with Crippen molar-refractivity contribution in [3.63, 3.8) is 0 Å². The number of nitrogens with zero attached hydrogens (tertiary/aromatic N) is 2. The molecule has 5 fully saturated rings. The van der Waals surface area contributed by atoms with Gasteiger partial charge in [-0.2, -0.15) is 13.2 Å². The van der Waals surface area contributed by atoms with Crippen molar-refractivity contribution in [2.24, 2.45) is 23.2 Å². The Balaban J connectivity index is 1.23. The van der Waals surface area contributed by atoms with Gasteiger partial charge >= 0.3 is 6.18 Å². The summed E-state index contributed by atoms with van der Waals surface area (Å²) in [6, 6.07) is 4.95. The topological polar surface area (TPSA) is 40.6 Å². The van der Waals surface area contributed by atoms with E-state index in [1.807, 2.05) is 4.90 Å². The first kappa shape index (κ1) is 21.8. The summed E-state index contributed by atoms with van der Waals surface area (Å²) in [6.07, 6.45) is 4.17. The Hall–Kier alpha value is -2.05. The van der Waals surface area contributed by atoms with Gasteiger partial charge in [-0.05, 0) is 80.2 Å². The second-order valence-corrected chi connectivity index (χ2v) is 10.7. The highest BCUT2D eigenvalue weighted by Crippen LogP contribution is 2.61. The Morgan fingerprint density at radius 2 is 1.44 bits per heavy atom. The Morgan fingerprint density at radius 3 is 2.06 bits per heavy atom. The molecule has 0 aromatic heterocycles. The van der Waals surface area contributed by atoms with E-state index >= 15 is 0 Å². The van der Waals surface area contributed by atoms with E-state index in [0.29, 0.717) is 32.5 Å². The van der Waals surface area contributed by atoms with Gasteiger partial charge in [0.1, 0.15) is 0 Å². The first-order chi connectivity index (χ1) is 15.2. The molecule has 1 aromatic carbocycles. The average Bonchev–Trinajstić information content (AvgIpc) is 2.98. The number of benzene rings is 1. The summed E-state index contributed by atoms with van der Waals surface area (Å²) in [7, 11) is 0. The second kappa shape index (κ2) is 8.07. The number of rotatable bonds is 3. The summed E-state index contributed by atoms with van der Waals surface area (Å²) >= 11 is 0. The molecule has 0 radical (unpaired) electrons. The smallest absolute Gasteiger partial charge is 0.341 e. The second-order valence-electron chi connectivity index (χ2n) is 10.7. The van der Waals surface area contributed by atoms with Crippen LogP contribution in [0, 0.1) is 23.2 Å². The van der Waals surface area contributed by atoms with Gasteiger partial charge in [0.05, 0.1) is 11.1 Å². The largest absolute Gasteiger partial charge is 0.417 e. The number of alkyl halides is 3. The van der Waals surface area contributed by atoms with Crippen molar-refractivity contribution in [3.05, 3.63) is 35.4 Å². The molecule has 4 aliphatic carbocycles. The zero-order chi connectivity index (χ0) is 22.5. The fraction of sp³-hybridized carbons (Fsp3) is 0.680. The summed E-state index contributed by atoms with van der Waals surface area (Å²) in [4.78, 5) is 29.5. The first-order valence-electron chi connectivity index (χ1n) is 12.0. The van der Waals surface area contributed by atoms with Crippen LogP contribution in [0.2, 0.25) is 0 Å². The van der Waals surface area contributed by atoms with Crippen molar-refractivity contribution >= 4 is 11.8 Å². The molecule has 32 heavy (non-hydrogen) atoms. The highest BCUT2D eigenvalue weighted by Gasteiger charge is 2.51. The van der Waals surface area contributed by atoms with E-state index in [1.54, 1.807) is 0 Å². The average molecular weight is 449 g/mol. The van der Waals surface area contributed by atoms with Crippen LogP contribution in [-0.4, -0.2) is 47.8 Å². The van der Waals surface area contributed by atoms with Crippen LogP contribution >= 0.6 is 0 Å². The van der Waals surface area contributed by atoms with Gasteiger partial charge < -0.3 is 9.80 Å². The minimum absolute atomic E-state index is 0.164. The third-order valence-electron chi connectivity index (χ3n) is 8.29. The Bertz CT molecular complexity index is 862. The van der Waals surface area contributed by atoms with Crippen LogP contribution in [0.25, 0.3) is 0 Å². The summed E-state index contributed by atoms with van der Waals surface area (Å²) in [6.45, 7) is 1.60. The van der Waals surface area contributed by atoms with Crippen molar-refractivity contribution in [1.82, 2.24) is 9.80 Å². The van der Waals surface area contributed by atoms with E-state index in [0.717, 1.165) is 23.8 Å². The van der Waals surface area contributed by atoms with Gasteiger partial charge in [0.25, 0.3) is 5.91 Å². The van der Waals surface area contributed by atoms with E-state index < -0.39 is 17.6 Å². The number of carbonyl (C=O) groups excluding carboxylic acids is 2. The molecule has 0 N–H and O–H groups in total. The normalized spacial score (nSPS) is 32.2. The maximum absolute atomic E-state index is 13.4. The molecule has 4 saturated carbocycles. The van der Waals surface area contributed by atoms with E-state index in [4.69, 9.17) is 0 Å². The molecule has 2 amide bonds. The van der Waals surface area contributed by atoms with E-state index in [1.165, 1.54) is 61.6 Å². The number of amides is 2. The van der Waals surface area contributed by atoms with Crippen molar-refractivity contribution in [1.29, 1.82) is 0 Å². The molecule has 5 aliphatic rings. The highest BCUT2D eigenvalue weighted by atomic mass is 19.4. The molecule has 4 nitrogen and oxygen atoms in total. The molecule has 6 rings (SSSR count). The Kier molecular flexibility index (Phi) is 5.49. The van der Waals surface area contributed by atoms with Gasteiger partial charge in [-0.15, -0.1) is 0 Å². The van der Waals surface area contributed by atoms with E-state index in [2.05, 4.69) is 0 Å². The van der Waals surface area contributed by atoms with Gasteiger partial charge in [-0.25, -0.2) is 0 Å². The molecule has 7 heteroatoms. The van der Waals surface area contributed by atoms with Crippen LogP contribution in [0.5, 0.6) is 0 Å². The van der Waals surface area contributed by atoms with Crippen LogP contribution in [0.1, 0.15) is 67.3 Å². The standard InChI is InChI=1S/C25H31F3N2O2/c26-25(27,28)21-5-2-1-4-20(21)23(32)30-7-3-6-29(8-9-30)22(31)16-24-13-17-10-18(14-24)12-19(11-17)15-24/h1-2,4-5,17-19H,3,6-16H2. The maximum Gasteiger partial charge on any atom is 0.417 e. The van der Waals surface area contributed by atoms with Crippen molar-refractivity contribution in [2.75, 3.05) is 26.2 Å². The predicted octanol–water partition coefficient (Wildman–Crippen LogP) is 4.99. The Morgan fingerprint density at radius 1 is 0.875 bits per heavy atom. The molecular formula is C25H31F3N2O2. The fourth-order valence-corrected chi connectivity index (χ4v) is 7.40. The quantitative estimate of drug-likeness (QED) is 0.654. The van der Waals surface area contributed by atoms with Gasteiger partial charge in [0.15, 0.2) is 0 Å². The molecule has 1 heterocycles. The lowest BCUT2D eigenvalue weighted by Gasteiger charge is -2.57. The van der Waals surface area contributed by atoms with E-state index in [-0.39, 0.29) is 23.4 Å². The summed E-state index contributed by atoms with van der Waals surface area (Å²) in [5, 5.41) is 0. The van der Waals surface area contributed by atoms with Gasteiger partial charge in [0.2, 0.25) is 5.91 Å². The molecule has 174 valence electrons. The zero-order valence-electron chi connectivity index (χ0n) is 18.4. The highest BCUT2D eigenvalue weighted by molar-refractivity contribution is 5.96. The lowest BCUT2D eigenvalue weighted by atomic mass is 9.49. The van der Waals surface area contributed by atoms with Crippen LogP contribution < -0.4 is 0 Å². The monoisotopic (exact) mass is 448 g/mol. The Labute approximate surface area is 187 Å². The predicted molar refractivity (Wildman–Crippen MR) is 114 cm³/mol. The molecule has 1 aromatic rings. The molecule has 1 saturated heterocycles. The minimum Gasteiger partial charge on any atom is -0.341 e. The zero-order valence-corrected chi connectivity index (χ0v) is 18.4. The summed E-state index contributed by atoms with van der Waals surface area (Å²) in [5.74, 6) is 1.94. The van der Waals surface area contributed by atoms with Crippen LogP contribution in [-0.2, 0) is 11.0 Å². The number of halogens is 3. The third kappa shape index (κ3) is 4.15. The van der Waals surface area contributed by atoms with Crippen LogP contribution in [0.3, 0.4) is 0 Å². The van der Waals surface area contributed by atoms with Gasteiger partial charge in [-0.1, -0.05) is 12.1 Å². The fourth-order valence-electron chi connectivity index (χ4n) is 7.40. The summed E-state index contributed by atoms with van der Waals surface area (Å²) < 4.78 is 40.1. The molecule has 0 spiro atoms.